The average molecular weight is 433 g/mol. The van der Waals surface area contributed by atoms with Crippen LogP contribution in [0.15, 0.2) is 79.4 Å². The molecule has 0 spiro atoms. The van der Waals surface area contributed by atoms with Crippen molar-refractivity contribution in [3.05, 3.63) is 90.5 Å². The van der Waals surface area contributed by atoms with Crippen molar-refractivity contribution >= 4 is 12.0 Å². The number of imidazole rings is 1. The summed E-state index contributed by atoms with van der Waals surface area (Å²) in [6.07, 6.45) is 7.11. The number of piperidine rings is 1. The van der Waals surface area contributed by atoms with Gasteiger partial charge in [-0.25, -0.2) is 9.78 Å². The van der Waals surface area contributed by atoms with Crippen molar-refractivity contribution < 1.29 is 14.3 Å². The molecule has 166 valence electrons. The number of ether oxygens (including phenoxy) is 1. The monoisotopic (exact) mass is 432 g/mol. The molecule has 1 N–H and O–H groups in total. The van der Waals surface area contributed by atoms with Crippen molar-refractivity contribution in [1.29, 1.82) is 0 Å². The Morgan fingerprint density at radius 3 is 2.28 bits per heavy atom. The minimum atomic E-state index is -0.675. The van der Waals surface area contributed by atoms with Crippen LogP contribution in [0, 0.1) is 0 Å². The first-order chi connectivity index (χ1) is 15.7. The molecule has 7 heteroatoms. The van der Waals surface area contributed by atoms with Gasteiger partial charge in [-0.2, -0.15) is 0 Å². The number of nitrogens with one attached hydrogen (secondary N) is 1. The van der Waals surface area contributed by atoms with E-state index in [1.54, 1.807) is 6.20 Å². The van der Waals surface area contributed by atoms with Crippen LogP contribution in [0.2, 0.25) is 0 Å². The first-order valence-electron chi connectivity index (χ1n) is 11.0. The fourth-order valence-electron chi connectivity index (χ4n) is 4.05. The van der Waals surface area contributed by atoms with E-state index in [0.29, 0.717) is 25.6 Å². The molecule has 0 aliphatic carbocycles. The van der Waals surface area contributed by atoms with Crippen molar-refractivity contribution in [2.24, 2.45) is 0 Å². The fraction of sp³-hybridized carbons (Fsp3) is 0.320. The maximum absolute atomic E-state index is 13.3. The standard InChI is InChI=1S/C25H28N4O3/c30-24(28-14-11-22(12-15-28)29-16-13-26-19-29)23(17-20-7-3-1-4-8-20)27-25(31)32-18-21-9-5-2-6-10-21/h1-10,13,16,19,22-23H,11-12,14-15,17-18H2,(H,27,31). The number of hydrogen-bond donors (Lipinski definition) is 1. The normalized spacial score (nSPS) is 15.2. The molecule has 1 aliphatic heterocycles. The highest BCUT2D eigenvalue weighted by Gasteiger charge is 2.30. The highest BCUT2D eigenvalue weighted by Crippen LogP contribution is 2.23. The SMILES string of the molecule is O=C(NC(Cc1ccccc1)C(=O)N1CCC(n2ccnc2)CC1)OCc1ccccc1. The van der Waals surface area contributed by atoms with Crippen LogP contribution < -0.4 is 5.32 Å². The number of benzene rings is 2. The van der Waals surface area contributed by atoms with Crippen molar-refractivity contribution in [3.8, 4) is 0 Å². The summed E-state index contributed by atoms with van der Waals surface area (Å²) >= 11 is 0. The fourth-order valence-corrected chi connectivity index (χ4v) is 4.05. The smallest absolute Gasteiger partial charge is 0.408 e. The highest BCUT2D eigenvalue weighted by atomic mass is 16.5. The first kappa shape index (κ1) is 21.6. The third-order valence-corrected chi connectivity index (χ3v) is 5.81. The number of carbonyl (C=O) groups excluding carboxylic acids is 2. The van der Waals surface area contributed by atoms with Gasteiger partial charge in [0.1, 0.15) is 12.6 Å². The Morgan fingerprint density at radius 2 is 1.66 bits per heavy atom. The van der Waals surface area contributed by atoms with E-state index in [0.717, 1.165) is 24.0 Å². The van der Waals surface area contributed by atoms with Crippen LogP contribution in [0.4, 0.5) is 4.79 Å². The largest absolute Gasteiger partial charge is 0.445 e. The van der Waals surface area contributed by atoms with E-state index in [-0.39, 0.29) is 12.5 Å². The van der Waals surface area contributed by atoms with E-state index in [1.807, 2.05) is 78.1 Å². The zero-order valence-corrected chi connectivity index (χ0v) is 18.0. The lowest BCUT2D eigenvalue weighted by Crippen LogP contribution is -2.51. The van der Waals surface area contributed by atoms with Gasteiger partial charge in [-0.1, -0.05) is 60.7 Å². The number of carbonyl (C=O) groups is 2. The van der Waals surface area contributed by atoms with Gasteiger partial charge < -0.3 is 19.5 Å². The second kappa shape index (κ2) is 10.6. The van der Waals surface area contributed by atoms with Gasteiger partial charge >= 0.3 is 6.09 Å². The van der Waals surface area contributed by atoms with Gasteiger partial charge in [-0.05, 0) is 24.0 Å². The van der Waals surface area contributed by atoms with E-state index in [4.69, 9.17) is 4.74 Å². The number of likely N-dealkylation sites (tertiary alicyclic amines) is 1. The lowest BCUT2D eigenvalue weighted by Gasteiger charge is -2.34. The summed E-state index contributed by atoms with van der Waals surface area (Å²) in [4.78, 5) is 31.8. The maximum Gasteiger partial charge on any atom is 0.408 e. The van der Waals surface area contributed by atoms with Crippen LogP contribution in [0.1, 0.15) is 30.0 Å². The Bertz CT molecular complexity index is 985. The molecule has 0 saturated carbocycles. The summed E-state index contributed by atoms with van der Waals surface area (Å²) in [5.41, 5.74) is 1.89. The molecule has 2 aromatic carbocycles. The molecule has 7 nitrogen and oxygen atoms in total. The van der Waals surface area contributed by atoms with E-state index < -0.39 is 12.1 Å². The second-order valence-corrected chi connectivity index (χ2v) is 8.01. The molecule has 3 aromatic rings. The highest BCUT2D eigenvalue weighted by molar-refractivity contribution is 5.86. The van der Waals surface area contributed by atoms with Gasteiger partial charge in [0.25, 0.3) is 0 Å². The Morgan fingerprint density at radius 1 is 1.00 bits per heavy atom. The van der Waals surface area contributed by atoms with Crippen LogP contribution in [0.3, 0.4) is 0 Å². The Kier molecular flexibility index (Phi) is 7.17. The molecule has 2 amide bonds. The Labute approximate surface area is 188 Å². The second-order valence-electron chi connectivity index (χ2n) is 8.01. The molecular weight excluding hydrogens is 404 g/mol. The van der Waals surface area contributed by atoms with Crippen LogP contribution in [0.25, 0.3) is 0 Å². The van der Waals surface area contributed by atoms with Crippen molar-refractivity contribution in [3.63, 3.8) is 0 Å². The molecule has 1 unspecified atom stereocenters. The molecule has 2 heterocycles. The average Bonchev–Trinajstić information content (AvgIpc) is 3.38. The summed E-state index contributed by atoms with van der Waals surface area (Å²) in [6.45, 7) is 1.46. The number of hydrogen-bond acceptors (Lipinski definition) is 4. The lowest BCUT2D eigenvalue weighted by atomic mass is 10.0. The van der Waals surface area contributed by atoms with Gasteiger partial charge in [-0.3, -0.25) is 4.79 Å². The van der Waals surface area contributed by atoms with Crippen LogP contribution in [-0.2, 0) is 22.6 Å². The van der Waals surface area contributed by atoms with Gasteiger partial charge in [0.15, 0.2) is 0 Å². The van der Waals surface area contributed by atoms with Gasteiger partial charge in [-0.15, -0.1) is 0 Å². The third kappa shape index (κ3) is 5.75. The number of amides is 2. The molecular formula is C25H28N4O3. The summed E-state index contributed by atoms with van der Waals surface area (Å²) in [5.74, 6) is -0.0744. The van der Waals surface area contributed by atoms with Crippen LogP contribution in [-0.4, -0.2) is 45.6 Å². The van der Waals surface area contributed by atoms with Gasteiger partial charge in [0.05, 0.1) is 6.33 Å². The van der Waals surface area contributed by atoms with Gasteiger partial charge in [0.2, 0.25) is 5.91 Å². The Hall–Kier alpha value is -3.61. The third-order valence-electron chi connectivity index (χ3n) is 5.81. The predicted octanol–water partition coefficient (Wildman–Crippen LogP) is 3.58. The lowest BCUT2D eigenvalue weighted by molar-refractivity contribution is -0.134. The minimum Gasteiger partial charge on any atom is -0.445 e. The van der Waals surface area contributed by atoms with E-state index >= 15 is 0 Å². The van der Waals surface area contributed by atoms with Gasteiger partial charge in [0, 0.05) is 37.9 Å². The molecule has 0 radical (unpaired) electrons. The van der Waals surface area contributed by atoms with Crippen molar-refractivity contribution in [1.82, 2.24) is 19.8 Å². The first-order valence-corrected chi connectivity index (χ1v) is 11.0. The van der Waals surface area contributed by atoms with Crippen molar-refractivity contribution in [2.75, 3.05) is 13.1 Å². The summed E-state index contributed by atoms with van der Waals surface area (Å²) in [7, 11) is 0. The van der Waals surface area contributed by atoms with Crippen LogP contribution >= 0.6 is 0 Å². The molecule has 0 bridgehead atoms. The number of alkyl carbamates (subject to hydrolysis) is 1. The molecule has 32 heavy (non-hydrogen) atoms. The van der Waals surface area contributed by atoms with Crippen LogP contribution in [0.5, 0.6) is 0 Å². The molecule has 1 atom stereocenters. The zero-order chi connectivity index (χ0) is 22.2. The van der Waals surface area contributed by atoms with E-state index in [9.17, 15) is 9.59 Å². The van der Waals surface area contributed by atoms with E-state index in [2.05, 4.69) is 14.9 Å². The molecule has 4 rings (SSSR count). The topological polar surface area (TPSA) is 76.5 Å². The summed E-state index contributed by atoms with van der Waals surface area (Å²) in [5, 5.41) is 2.80. The Balaban J connectivity index is 1.38. The summed E-state index contributed by atoms with van der Waals surface area (Å²) < 4.78 is 7.47. The zero-order valence-electron chi connectivity index (χ0n) is 18.0. The maximum atomic E-state index is 13.3. The number of nitrogens with zero attached hydrogens (tertiary/aromatic N) is 3. The molecule has 1 fully saturated rings. The number of rotatable bonds is 7. The van der Waals surface area contributed by atoms with Crippen molar-refractivity contribution in [2.45, 2.75) is 38.0 Å². The quantitative estimate of drug-likeness (QED) is 0.619. The summed E-state index contributed by atoms with van der Waals surface area (Å²) in [6, 6.07) is 18.9. The molecule has 1 aromatic heterocycles. The predicted molar refractivity (Wildman–Crippen MR) is 121 cm³/mol. The molecule has 1 saturated heterocycles. The minimum absolute atomic E-state index is 0.0744. The molecule has 1 aliphatic rings. The number of aromatic nitrogens is 2. The van der Waals surface area contributed by atoms with E-state index in [1.165, 1.54) is 0 Å².